The molecule has 0 aromatic carbocycles. The average Bonchev–Trinajstić information content (AvgIpc) is 2.24. The largest absolute Gasteiger partial charge is 1.00 e. The molecule has 2 unspecified atom stereocenters. The Bertz CT molecular complexity index is 214. The number of halogens is 2. The van der Waals surface area contributed by atoms with Gasteiger partial charge in [-0.1, -0.05) is 13.8 Å². The van der Waals surface area contributed by atoms with Gasteiger partial charge in [0, 0.05) is 6.54 Å². The van der Waals surface area contributed by atoms with Gasteiger partial charge in [0.2, 0.25) is 0 Å². The Hall–Kier alpha value is 0.840. The van der Waals surface area contributed by atoms with E-state index in [0.29, 0.717) is 0 Å². The van der Waals surface area contributed by atoms with E-state index in [0.717, 1.165) is 18.0 Å². The molecule has 1 aliphatic rings. The summed E-state index contributed by atoms with van der Waals surface area (Å²) in [6, 6.07) is 1.51. The third-order valence-electron chi connectivity index (χ3n) is 4.25. The first-order valence-electron chi connectivity index (χ1n) is 6.75. The van der Waals surface area contributed by atoms with E-state index in [-0.39, 0.29) is 34.0 Å². The quantitative estimate of drug-likeness (QED) is 0.455. The van der Waals surface area contributed by atoms with Gasteiger partial charge >= 0.3 is 0 Å². The molecule has 112 valence electrons. The third kappa shape index (κ3) is 6.33. The van der Waals surface area contributed by atoms with Crippen molar-refractivity contribution in [1.29, 1.82) is 0 Å². The van der Waals surface area contributed by atoms with Crippen LogP contribution in [0.3, 0.4) is 0 Å². The van der Waals surface area contributed by atoms with Gasteiger partial charge in [0.25, 0.3) is 0 Å². The van der Waals surface area contributed by atoms with Crippen molar-refractivity contribution in [2.75, 3.05) is 47.3 Å². The Morgan fingerprint density at radius 1 is 1.11 bits per heavy atom. The molecule has 1 heterocycles. The van der Waals surface area contributed by atoms with Gasteiger partial charge in [-0.3, -0.25) is 4.90 Å². The maximum atomic E-state index is 2.57. The van der Waals surface area contributed by atoms with Crippen LogP contribution in [0.15, 0.2) is 0 Å². The molecule has 18 heavy (non-hydrogen) atoms. The molecular weight excluding hydrogens is 358 g/mol. The number of hydrogen-bond acceptors (Lipinski definition) is 1. The van der Waals surface area contributed by atoms with Crippen LogP contribution in [0.25, 0.3) is 0 Å². The van der Waals surface area contributed by atoms with Gasteiger partial charge in [0.15, 0.2) is 0 Å². The van der Waals surface area contributed by atoms with E-state index in [2.05, 4.69) is 46.8 Å². The van der Waals surface area contributed by atoms with E-state index in [1.54, 1.807) is 9.80 Å². The zero-order chi connectivity index (χ0) is 12.3. The van der Waals surface area contributed by atoms with E-state index in [1.807, 2.05) is 0 Å². The van der Waals surface area contributed by atoms with Gasteiger partial charge in [-0.05, 0) is 19.9 Å². The Morgan fingerprint density at radius 3 is 2.17 bits per heavy atom. The Kier molecular flexibility index (Phi) is 11.4. The molecule has 0 spiro atoms. The van der Waals surface area contributed by atoms with Crippen molar-refractivity contribution in [3.05, 3.63) is 0 Å². The smallest absolute Gasteiger partial charge is 0.134 e. The van der Waals surface area contributed by atoms with Gasteiger partial charge < -0.3 is 43.8 Å². The summed E-state index contributed by atoms with van der Waals surface area (Å²) in [5.41, 5.74) is 0. The highest BCUT2D eigenvalue weighted by Gasteiger charge is 2.28. The van der Waals surface area contributed by atoms with Crippen LogP contribution >= 0.6 is 0 Å². The zero-order valence-corrected chi connectivity index (χ0v) is 15.9. The second-order valence-corrected chi connectivity index (χ2v) is 6.15. The lowest BCUT2D eigenvalue weighted by atomic mass is 10.0. The second kappa shape index (κ2) is 9.70. The lowest BCUT2D eigenvalue weighted by Gasteiger charge is -2.30. The lowest BCUT2D eigenvalue weighted by Crippen LogP contribution is -3.20. The summed E-state index contributed by atoms with van der Waals surface area (Å²) in [4.78, 5) is 5.92. The van der Waals surface area contributed by atoms with Crippen LogP contribution in [0.2, 0.25) is 0 Å². The minimum absolute atomic E-state index is 0. The fourth-order valence-electron chi connectivity index (χ4n) is 2.80. The predicted molar refractivity (Wildman–Crippen MR) is 69.1 cm³/mol. The van der Waals surface area contributed by atoms with Crippen LogP contribution in [0.5, 0.6) is 0 Å². The first-order chi connectivity index (χ1) is 7.41. The number of nitrogens with zero attached hydrogens (tertiary/aromatic N) is 1. The van der Waals surface area contributed by atoms with Crippen LogP contribution < -0.4 is 43.8 Å². The Morgan fingerprint density at radius 2 is 1.67 bits per heavy atom. The Balaban J connectivity index is 0. The molecule has 0 radical (unpaired) electrons. The van der Waals surface area contributed by atoms with Gasteiger partial charge in [-0.15, -0.1) is 0 Å². The maximum absolute atomic E-state index is 2.57. The van der Waals surface area contributed by atoms with Crippen molar-refractivity contribution >= 4 is 0 Å². The van der Waals surface area contributed by atoms with E-state index in [1.165, 1.54) is 26.2 Å². The van der Waals surface area contributed by atoms with Crippen molar-refractivity contribution in [2.24, 2.45) is 5.92 Å². The molecule has 0 bridgehead atoms. The van der Waals surface area contributed by atoms with E-state index in [4.69, 9.17) is 0 Å². The minimum atomic E-state index is 0. The van der Waals surface area contributed by atoms with Crippen LogP contribution in [-0.4, -0.2) is 64.3 Å². The monoisotopic (exact) mass is 387 g/mol. The maximum Gasteiger partial charge on any atom is 0.134 e. The van der Waals surface area contributed by atoms with Gasteiger partial charge in [-0.25, -0.2) is 0 Å². The number of rotatable bonds is 1. The number of likely N-dealkylation sites (N-methyl/N-ethyl adjacent to an activating group) is 3. The first-order valence-corrected chi connectivity index (χ1v) is 6.75. The molecule has 0 aliphatic carbocycles. The summed E-state index contributed by atoms with van der Waals surface area (Å²) in [6.07, 6.45) is 0. The van der Waals surface area contributed by atoms with Gasteiger partial charge in [0.1, 0.15) is 12.6 Å². The van der Waals surface area contributed by atoms with Crippen molar-refractivity contribution < 1.29 is 43.8 Å². The van der Waals surface area contributed by atoms with Crippen LogP contribution in [0.1, 0.15) is 20.8 Å². The molecule has 1 rings (SSSR count). The highest BCUT2D eigenvalue weighted by molar-refractivity contribution is 4.71. The topological polar surface area (TPSA) is 12.1 Å². The highest BCUT2D eigenvalue weighted by Crippen LogP contribution is 2.06. The molecule has 0 saturated carbocycles. The Labute approximate surface area is 134 Å². The van der Waals surface area contributed by atoms with Gasteiger partial charge in [0.05, 0.1) is 33.2 Å². The minimum Gasteiger partial charge on any atom is -1.00 e. The van der Waals surface area contributed by atoms with E-state index >= 15 is 0 Å². The van der Waals surface area contributed by atoms with E-state index in [9.17, 15) is 0 Å². The summed E-state index contributed by atoms with van der Waals surface area (Å²) in [5, 5.41) is 0. The van der Waals surface area contributed by atoms with E-state index < -0.39 is 0 Å². The molecule has 0 aromatic heterocycles. The third-order valence-corrected chi connectivity index (χ3v) is 4.25. The molecular formula is C13H31Br2N3. The summed E-state index contributed by atoms with van der Waals surface area (Å²) in [6.45, 7) is 12.2. The lowest BCUT2D eigenvalue weighted by molar-refractivity contribution is -0.955. The number of nitrogens with one attached hydrogen (secondary N) is 2. The van der Waals surface area contributed by atoms with Crippen molar-refractivity contribution in [3.63, 3.8) is 0 Å². The number of hydrogen-bond donors (Lipinski definition) is 2. The average molecular weight is 389 g/mol. The van der Waals surface area contributed by atoms with Gasteiger partial charge in [-0.2, -0.15) is 0 Å². The summed E-state index contributed by atoms with van der Waals surface area (Å²) in [7, 11) is 6.97. The summed E-state index contributed by atoms with van der Waals surface area (Å²) in [5.74, 6) is 0.758. The highest BCUT2D eigenvalue weighted by atomic mass is 79.9. The zero-order valence-electron chi connectivity index (χ0n) is 12.8. The molecule has 5 heteroatoms. The fraction of sp³-hybridized carbons (Fsp3) is 1.00. The normalized spacial score (nSPS) is 34.8. The second-order valence-electron chi connectivity index (χ2n) is 6.15. The van der Waals surface area contributed by atoms with Crippen LogP contribution in [0.4, 0.5) is 0 Å². The predicted octanol–water partition coefficient (Wildman–Crippen LogP) is -7.62. The standard InChI is InChI=1S/C13H29N3.2BrH/c1-11(2)13-10-14(4)9-12(3)15(5)7-8-16(13)6;;/h11-13H,7-10H2,1-6H3;2*1H/t12-,13+;;/m0../s1. The molecule has 3 nitrogen and oxygen atoms in total. The fourth-order valence-corrected chi connectivity index (χ4v) is 2.80. The van der Waals surface area contributed by atoms with Crippen molar-refractivity contribution in [2.45, 2.75) is 32.9 Å². The van der Waals surface area contributed by atoms with Crippen molar-refractivity contribution in [1.82, 2.24) is 4.90 Å². The van der Waals surface area contributed by atoms with Crippen LogP contribution in [0, 0.1) is 5.92 Å². The molecule has 1 fully saturated rings. The summed E-state index contributed by atoms with van der Waals surface area (Å²) < 4.78 is 0. The van der Waals surface area contributed by atoms with Crippen LogP contribution in [-0.2, 0) is 0 Å². The molecule has 4 atom stereocenters. The molecule has 2 N–H and O–H groups in total. The first kappa shape index (κ1) is 21.1. The SMILES string of the molecule is CC(C)[C@H]1C[NH+](C)C[C@H](C)[NH+](C)CCN1C.[Br-].[Br-]. The number of quaternary nitrogens is 2. The molecule has 1 saturated heterocycles. The molecule has 1 aliphatic heterocycles. The molecule has 0 amide bonds. The van der Waals surface area contributed by atoms with Crippen molar-refractivity contribution in [3.8, 4) is 0 Å². The summed E-state index contributed by atoms with van der Waals surface area (Å²) >= 11 is 0. The molecule has 0 aromatic rings.